The molecule has 0 heterocycles. The van der Waals surface area contributed by atoms with Crippen LogP contribution in [0.1, 0.15) is 32.1 Å². The van der Waals surface area contributed by atoms with Crippen molar-refractivity contribution >= 4 is 11.6 Å². The van der Waals surface area contributed by atoms with Crippen LogP contribution in [0, 0.1) is 17.8 Å². The van der Waals surface area contributed by atoms with E-state index in [0.717, 1.165) is 35.4 Å². The minimum Gasteiger partial charge on any atom is -0.496 e. The Bertz CT molecular complexity index is 806. The summed E-state index contributed by atoms with van der Waals surface area (Å²) in [5.74, 6) is 2.06. The number of nitrogens with two attached hydrogens (primary N) is 1. The minimum absolute atomic E-state index is 0.0787. The second-order valence-corrected chi connectivity index (χ2v) is 7.97. The molecule has 142 valence electrons. The number of benzene rings is 2. The van der Waals surface area contributed by atoms with Gasteiger partial charge in [0, 0.05) is 23.2 Å². The molecule has 0 radical (unpaired) electrons. The van der Waals surface area contributed by atoms with Gasteiger partial charge in [-0.25, -0.2) is 0 Å². The van der Waals surface area contributed by atoms with Gasteiger partial charge in [-0.05, 0) is 61.3 Å². The zero-order valence-electron chi connectivity index (χ0n) is 15.9. The Labute approximate surface area is 161 Å². The van der Waals surface area contributed by atoms with E-state index in [1.54, 1.807) is 7.11 Å². The number of carbonyl (C=O) groups is 1. The highest BCUT2D eigenvalue weighted by Crippen LogP contribution is 2.42. The molecule has 2 fully saturated rings. The molecule has 27 heavy (non-hydrogen) atoms. The van der Waals surface area contributed by atoms with Crippen LogP contribution in [0.4, 0.5) is 5.69 Å². The quantitative estimate of drug-likeness (QED) is 0.842. The van der Waals surface area contributed by atoms with E-state index in [-0.39, 0.29) is 17.9 Å². The summed E-state index contributed by atoms with van der Waals surface area (Å²) in [6.45, 7) is 0. The number of carbonyl (C=O) groups excluding carboxylic acids is 1. The summed E-state index contributed by atoms with van der Waals surface area (Å²) in [5.41, 5.74) is 9.26. The average Bonchev–Trinajstić information content (AvgIpc) is 2.68. The number of anilines is 1. The van der Waals surface area contributed by atoms with Crippen LogP contribution in [0.5, 0.6) is 5.75 Å². The number of fused-ring (bicyclic) bond motifs is 2. The predicted molar refractivity (Wildman–Crippen MR) is 109 cm³/mol. The van der Waals surface area contributed by atoms with Crippen LogP contribution in [0.2, 0.25) is 0 Å². The Balaban J connectivity index is 1.49. The fourth-order valence-corrected chi connectivity index (χ4v) is 4.90. The Morgan fingerprint density at radius 2 is 1.81 bits per heavy atom. The second-order valence-electron chi connectivity index (χ2n) is 7.97. The van der Waals surface area contributed by atoms with Crippen molar-refractivity contribution in [3.63, 3.8) is 0 Å². The van der Waals surface area contributed by atoms with Crippen LogP contribution in [-0.2, 0) is 4.79 Å². The third-order valence-electron chi connectivity index (χ3n) is 6.33. The van der Waals surface area contributed by atoms with Gasteiger partial charge in [0.1, 0.15) is 5.75 Å². The van der Waals surface area contributed by atoms with Crippen molar-refractivity contribution in [2.75, 3.05) is 12.4 Å². The van der Waals surface area contributed by atoms with Crippen molar-refractivity contribution in [1.29, 1.82) is 0 Å². The third-order valence-corrected chi connectivity index (χ3v) is 6.33. The van der Waals surface area contributed by atoms with Crippen LogP contribution in [0.25, 0.3) is 11.1 Å². The molecular formula is C23H28N2O2. The van der Waals surface area contributed by atoms with Gasteiger partial charge >= 0.3 is 0 Å². The summed E-state index contributed by atoms with van der Waals surface area (Å²) in [6.07, 6.45) is 5.46. The average molecular weight is 364 g/mol. The molecule has 2 unspecified atom stereocenters. The van der Waals surface area contributed by atoms with Gasteiger partial charge in [0.25, 0.3) is 0 Å². The first kappa shape index (κ1) is 18.1. The predicted octanol–water partition coefficient (Wildman–Crippen LogP) is 4.45. The molecule has 2 aromatic rings. The minimum atomic E-state index is 0.0787. The van der Waals surface area contributed by atoms with Crippen LogP contribution in [-0.4, -0.2) is 19.1 Å². The van der Waals surface area contributed by atoms with Gasteiger partial charge in [-0.3, -0.25) is 4.79 Å². The molecule has 3 N–H and O–H groups in total. The molecule has 4 rings (SSSR count). The zero-order valence-corrected chi connectivity index (χ0v) is 15.9. The summed E-state index contributed by atoms with van der Waals surface area (Å²) in [6, 6.07) is 16.2. The van der Waals surface area contributed by atoms with Crippen LogP contribution >= 0.6 is 0 Å². The lowest BCUT2D eigenvalue weighted by Crippen LogP contribution is -2.48. The first-order chi connectivity index (χ1) is 13.2. The Kier molecular flexibility index (Phi) is 5.17. The molecule has 4 nitrogen and oxygen atoms in total. The molecule has 2 bridgehead atoms. The number of nitrogens with one attached hydrogen (secondary N) is 1. The van der Waals surface area contributed by atoms with Gasteiger partial charge < -0.3 is 15.8 Å². The third kappa shape index (κ3) is 3.72. The lowest BCUT2D eigenvalue weighted by Gasteiger charge is -2.43. The van der Waals surface area contributed by atoms with E-state index in [2.05, 4.69) is 5.32 Å². The maximum atomic E-state index is 12.9. The molecular weight excluding hydrogens is 336 g/mol. The fraction of sp³-hybridized carbons (Fsp3) is 0.435. The highest BCUT2D eigenvalue weighted by molar-refractivity contribution is 5.93. The summed E-state index contributed by atoms with van der Waals surface area (Å²) in [4.78, 5) is 12.9. The number of methoxy groups -OCH3 is 1. The fourth-order valence-electron chi connectivity index (χ4n) is 4.90. The van der Waals surface area contributed by atoms with Crippen LogP contribution < -0.4 is 15.8 Å². The van der Waals surface area contributed by atoms with Crippen molar-refractivity contribution < 1.29 is 9.53 Å². The van der Waals surface area contributed by atoms with Crippen molar-refractivity contribution in [3.05, 3.63) is 48.5 Å². The highest BCUT2D eigenvalue weighted by atomic mass is 16.5. The highest BCUT2D eigenvalue weighted by Gasteiger charge is 2.40. The van der Waals surface area contributed by atoms with E-state index >= 15 is 0 Å². The van der Waals surface area contributed by atoms with Crippen molar-refractivity contribution in [1.82, 2.24) is 0 Å². The summed E-state index contributed by atoms with van der Waals surface area (Å²) < 4.78 is 5.47. The van der Waals surface area contributed by atoms with Crippen molar-refractivity contribution in [3.8, 4) is 16.9 Å². The van der Waals surface area contributed by atoms with E-state index in [1.165, 1.54) is 19.3 Å². The van der Waals surface area contributed by atoms with Crippen molar-refractivity contribution in [2.45, 2.75) is 38.1 Å². The first-order valence-electron chi connectivity index (χ1n) is 9.95. The molecule has 2 saturated carbocycles. The molecule has 2 aliphatic rings. The van der Waals surface area contributed by atoms with E-state index in [0.29, 0.717) is 11.8 Å². The molecule has 2 aromatic carbocycles. The Hall–Kier alpha value is -2.33. The van der Waals surface area contributed by atoms with Crippen LogP contribution in [0.15, 0.2) is 48.5 Å². The lowest BCUT2D eigenvalue weighted by atomic mass is 9.65. The summed E-state index contributed by atoms with van der Waals surface area (Å²) >= 11 is 0. The second kappa shape index (κ2) is 7.73. The number of ether oxygens (including phenoxy) is 1. The number of rotatable bonds is 4. The van der Waals surface area contributed by atoms with Gasteiger partial charge in [-0.1, -0.05) is 36.8 Å². The molecule has 1 amide bonds. The van der Waals surface area contributed by atoms with E-state index < -0.39 is 0 Å². The van der Waals surface area contributed by atoms with Crippen LogP contribution in [0.3, 0.4) is 0 Å². The molecule has 0 saturated heterocycles. The largest absolute Gasteiger partial charge is 0.496 e. The van der Waals surface area contributed by atoms with Crippen molar-refractivity contribution in [2.24, 2.45) is 23.5 Å². The molecule has 0 spiro atoms. The standard InChI is InChI=1S/C23H28N2O2/c1-27-21-11-3-2-10-20(21)15-6-5-9-19(14-15)25-23(26)18-12-16-7-4-8-17(13-18)22(16)24/h2-3,5-6,9-11,14,16-18,22H,4,7-8,12-13,24H2,1H3,(H,25,26). The maximum Gasteiger partial charge on any atom is 0.227 e. The number of hydrogen-bond donors (Lipinski definition) is 2. The molecule has 4 heteroatoms. The SMILES string of the molecule is COc1ccccc1-c1cccc(NC(=O)C2CC3CCCC(C2)C3N)c1. The van der Waals surface area contributed by atoms with Gasteiger partial charge in [0.15, 0.2) is 0 Å². The van der Waals surface area contributed by atoms with Gasteiger partial charge in [0.2, 0.25) is 5.91 Å². The summed E-state index contributed by atoms with van der Waals surface area (Å²) in [5, 5.41) is 3.14. The van der Waals surface area contributed by atoms with Gasteiger partial charge in [-0.2, -0.15) is 0 Å². The molecule has 2 aliphatic carbocycles. The van der Waals surface area contributed by atoms with E-state index in [1.807, 2.05) is 48.5 Å². The smallest absolute Gasteiger partial charge is 0.227 e. The van der Waals surface area contributed by atoms with Gasteiger partial charge in [0.05, 0.1) is 7.11 Å². The monoisotopic (exact) mass is 364 g/mol. The number of hydrogen-bond acceptors (Lipinski definition) is 3. The Morgan fingerprint density at radius 3 is 2.56 bits per heavy atom. The molecule has 0 aliphatic heterocycles. The van der Waals surface area contributed by atoms with E-state index in [4.69, 9.17) is 10.5 Å². The maximum absolute atomic E-state index is 12.9. The first-order valence-corrected chi connectivity index (χ1v) is 9.95. The normalized spacial score (nSPS) is 27.0. The lowest BCUT2D eigenvalue weighted by molar-refractivity contribution is -0.122. The Morgan fingerprint density at radius 1 is 1.07 bits per heavy atom. The molecule has 2 atom stereocenters. The summed E-state index contributed by atoms with van der Waals surface area (Å²) in [7, 11) is 1.68. The van der Waals surface area contributed by atoms with Gasteiger partial charge in [-0.15, -0.1) is 0 Å². The zero-order chi connectivity index (χ0) is 18.8. The molecule has 0 aromatic heterocycles. The topological polar surface area (TPSA) is 64.3 Å². The number of para-hydroxylation sites is 1. The van der Waals surface area contributed by atoms with E-state index in [9.17, 15) is 4.79 Å². The number of amides is 1.